The Labute approximate surface area is 324 Å². The molecule has 0 aliphatic carbocycles. The van der Waals surface area contributed by atoms with Gasteiger partial charge in [0.25, 0.3) is 0 Å². The third kappa shape index (κ3) is 5.72. The van der Waals surface area contributed by atoms with Gasteiger partial charge in [-0.05, 0) is 24.3 Å². The molecule has 0 amide bonds. The van der Waals surface area contributed by atoms with Crippen molar-refractivity contribution in [2.24, 2.45) is 20.0 Å². The molecule has 242 valence electrons. The van der Waals surface area contributed by atoms with Gasteiger partial charge in [0, 0.05) is 51.3 Å². The minimum atomic E-state index is -1.41. The summed E-state index contributed by atoms with van der Waals surface area (Å²) in [6, 6.07) is 53.2. The Kier molecular flexibility index (Phi) is 8.98. The fraction of sp³-hybridized carbons (Fsp3) is 0.0476. The average Bonchev–Trinajstić information content (AvgIpc) is 3.76. The number of hydrogen-bond acceptors (Lipinski definition) is 4. The summed E-state index contributed by atoms with van der Waals surface area (Å²) in [4.78, 5) is 23.1. The molecule has 6 aromatic rings. The molecule has 0 atom stereocenters. The Morgan fingerprint density at radius 3 is 0.820 bits per heavy atom. The third-order valence-corrected chi connectivity index (χ3v) is 11.1. The summed E-state index contributed by atoms with van der Waals surface area (Å²) in [5.41, 5.74) is 5.69. The first kappa shape index (κ1) is 33.1. The van der Waals surface area contributed by atoms with E-state index in [0.29, 0.717) is 0 Å². The van der Waals surface area contributed by atoms with E-state index in [1.807, 2.05) is 97.1 Å². The fourth-order valence-electron chi connectivity index (χ4n) is 6.57. The lowest BCUT2D eigenvalue weighted by molar-refractivity contribution is 0.255. The highest BCUT2D eigenvalue weighted by molar-refractivity contribution is 9.11. The Morgan fingerprint density at radius 2 is 0.580 bits per heavy atom. The molecule has 2 heterocycles. The van der Waals surface area contributed by atoms with Crippen LogP contribution < -0.4 is 0 Å². The lowest BCUT2D eigenvalue weighted by atomic mass is 9.82. The van der Waals surface area contributed by atoms with Crippen molar-refractivity contribution in [3.8, 4) is 0 Å². The summed E-state index contributed by atoms with van der Waals surface area (Å²) in [5, 5.41) is 0. The molecule has 4 nitrogen and oxygen atoms in total. The number of rotatable bonds is 7. The first-order valence-electron chi connectivity index (χ1n) is 15.9. The van der Waals surface area contributed by atoms with Gasteiger partial charge in [-0.25, -0.2) is 20.0 Å². The summed E-state index contributed by atoms with van der Waals surface area (Å²) in [5.74, 6) is 0. The minimum absolute atomic E-state index is 0.763. The zero-order chi connectivity index (χ0) is 34.3. The van der Waals surface area contributed by atoms with Crippen LogP contribution in [0.2, 0.25) is 0 Å². The van der Waals surface area contributed by atoms with E-state index in [1.165, 1.54) is 0 Å². The van der Waals surface area contributed by atoms with Gasteiger partial charge in [0.1, 0.15) is 0 Å². The van der Waals surface area contributed by atoms with Gasteiger partial charge in [0.05, 0.1) is 22.8 Å². The molecule has 0 unspecified atom stereocenters. The Hall–Kier alpha value is -4.08. The van der Waals surface area contributed by atoms with E-state index in [-0.39, 0.29) is 0 Å². The second-order valence-corrected chi connectivity index (χ2v) is 15.4. The molecule has 0 saturated carbocycles. The second-order valence-electron chi connectivity index (χ2n) is 11.9. The summed E-state index contributed by atoms with van der Waals surface area (Å²) >= 11 is 15.3. The van der Waals surface area contributed by atoms with Crippen molar-refractivity contribution < 1.29 is 0 Å². The zero-order valence-electron chi connectivity index (χ0n) is 26.3. The predicted octanol–water partition coefficient (Wildman–Crippen LogP) is 11.7. The van der Waals surface area contributed by atoms with Crippen LogP contribution in [0.5, 0.6) is 0 Å². The van der Waals surface area contributed by atoms with Gasteiger partial charge in [0.15, 0.2) is 0 Å². The molecule has 2 aliphatic heterocycles. The van der Waals surface area contributed by atoms with Crippen LogP contribution in [0.4, 0.5) is 0 Å². The maximum atomic E-state index is 5.78. The van der Waals surface area contributed by atoms with Crippen LogP contribution in [0.25, 0.3) is 0 Å². The summed E-state index contributed by atoms with van der Waals surface area (Å²) in [6.45, 7) is 0. The van der Waals surface area contributed by atoms with Crippen LogP contribution >= 0.6 is 63.7 Å². The summed E-state index contributed by atoms with van der Waals surface area (Å²) < 4.78 is 3.50. The largest absolute Gasteiger partial charge is 0.243 e. The van der Waals surface area contributed by atoms with Gasteiger partial charge in [-0.1, -0.05) is 197 Å². The summed E-state index contributed by atoms with van der Waals surface area (Å²) in [6.07, 6.45) is 0. The molecule has 0 aromatic heterocycles. The van der Waals surface area contributed by atoms with Gasteiger partial charge in [-0.2, -0.15) is 0 Å². The van der Waals surface area contributed by atoms with Gasteiger partial charge in [0.2, 0.25) is 11.3 Å². The van der Waals surface area contributed by atoms with Crippen molar-refractivity contribution in [2.75, 3.05) is 0 Å². The second kappa shape index (κ2) is 13.6. The zero-order valence-corrected chi connectivity index (χ0v) is 32.7. The number of aliphatic imine (C=N–C) groups is 4. The highest BCUT2D eigenvalue weighted by atomic mass is 79.9. The molecule has 0 saturated heterocycles. The number of nitrogens with zero attached hydrogens (tertiary/aromatic N) is 4. The molecule has 8 rings (SSSR count). The smallest absolute Gasteiger partial charge is 0.227 e. The van der Waals surface area contributed by atoms with Crippen molar-refractivity contribution in [3.63, 3.8) is 0 Å². The topological polar surface area (TPSA) is 49.4 Å². The Balaban J connectivity index is 1.57. The molecule has 8 heteroatoms. The highest BCUT2D eigenvalue weighted by Gasteiger charge is 2.61. The van der Waals surface area contributed by atoms with Crippen LogP contribution in [-0.2, 0) is 11.3 Å². The summed E-state index contributed by atoms with van der Waals surface area (Å²) in [7, 11) is 0. The van der Waals surface area contributed by atoms with Crippen LogP contribution in [-0.4, -0.2) is 22.8 Å². The first-order chi connectivity index (χ1) is 24.4. The van der Waals surface area contributed by atoms with Gasteiger partial charge < -0.3 is 0 Å². The maximum absolute atomic E-state index is 5.78. The SMILES string of the molecule is Brc1ccc(C2(C3(c4ccc(Br)cc4Br)N=C(c4ccccc4)C(c4ccccc4)=N3)N=C(c3ccccc3)C(c3ccccc3)=N2)c(Br)c1. The lowest BCUT2D eigenvalue weighted by Gasteiger charge is -2.39. The monoisotopic (exact) mass is 902 g/mol. The molecular formula is C42H26Br4N4. The Morgan fingerprint density at radius 1 is 0.320 bits per heavy atom. The van der Waals surface area contributed by atoms with Crippen molar-refractivity contribution >= 4 is 86.6 Å². The Bertz CT molecular complexity index is 2070. The quantitative estimate of drug-likeness (QED) is 0.153. The van der Waals surface area contributed by atoms with Crippen molar-refractivity contribution in [1.29, 1.82) is 0 Å². The van der Waals surface area contributed by atoms with E-state index < -0.39 is 11.3 Å². The van der Waals surface area contributed by atoms with E-state index in [0.717, 1.165) is 74.1 Å². The normalized spacial score (nSPS) is 16.0. The fourth-order valence-corrected chi connectivity index (χ4v) is 9.22. The number of halogens is 4. The van der Waals surface area contributed by atoms with E-state index >= 15 is 0 Å². The standard InChI is InChI=1S/C42H26Br4N4/c43-31-21-23-33(35(45)25-31)41(47-37(27-13-5-1-6-14-27)38(48-41)28-15-7-2-8-16-28)42(34-24-22-32(44)26-36(34)46)49-39(29-17-9-3-10-18-29)40(50-42)30-19-11-4-12-20-30/h1-26H. The van der Waals surface area contributed by atoms with Crippen LogP contribution in [0.15, 0.2) is 196 Å². The molecule has 50 heavy (non-hydrogen) atoms. The lowest BCUT2D eigenvalue weighted by Crippen LogP contribution is -2.43. The molecule has 0 N–H and O–H groups in total. The minimum Gasteiger partial charge on any atom is -0.243 e. The number of benzene rings is 6. The maximum Gasteiger partial charge on any atom is 0.227 e. The van der Waals surface area contributed by atoms with E-state index in [2.05, 4.69) is 124 Å². The molecule has 0 bridgehead atoms. The van der Waals surface area contributed by atoms with Crippen LogP contribution in [0, 0.1) is 0 Å². The molecular weight excluding hydrogens is 880 g/mol. The van der Waals surface area contributed by atoms with Gasteiger partial charge >= 0.3 is 0 Å². The average molecular weight is 906 g/mol. The molecule has 2 aliphatic rings. The van der Waals surface area contributed by atoms with Crippen molar-refractivity contribution in [3.05, 3.63) is 209 Å². The van der Waals surface area contributed by atoms with E-state index in [1.54, 1.807) is 0 Å². The third-order valence-electron chi connectivity index (χ3n) is 8.83. The number of hydrogen-bond donors (Lipinski definition) is 0. The van der Waals surface area contributed by atoms with Crippen LogP contribution in [0.3, 0.4) is 0 Å². The van der Waals surface area contributed by atoms with Gasteiger partial charge in [-0.3, -0.25) is 0 Å². The molecule has 0 fully saturated rings. The van der Waals surface area contributed by atoms with Gasteiger partial charge in [-0.15, -0.1) is 0 Å². The predicted molar refractivity (Wildman–Crippen MR) is 219 cm³/mol. The van der Waals surface area contributed by atoms with Crippen LogP contribution in [0.1, 0.15) is 33.4 Å². The van der Waals surface area contributed by atoms with Crippen molar-refractivity contribution in [2.45, 2.75) is 11.3 Å². The molecule has 6 aromatic carbocycles. The first-order valence-corrected chi connectivity index (χ1v) is 19.1. The molecule has 0 radical (unpaired) electrons. The van der Waals surface area contributed by atoms with Crippen molar-refractivity contribution in [1.82, 2.24) is 0 Å². The van der Waals surface area contributed by atoms with E-state index in [4.69, 9.17) is 20.0 Å². The van der Waals surface area contributed by atoms with E-state index in [9.17, 15) is 0 Å². The highest BCUT2D eigenvalue weighted by Crippen LogP contribution is 2.57. The molecule has 0 spiro atoms.